The van der Waals surface area contributed by atoms with E-state index in [-0.39, 0.29) is 35.1 Å². The van der Waals surface area contributed by atoms with E-state index < -0.39 is 10.0 Å². The van der Waals surface area contributed by atoms with Crippen LogP contribution in [0.5, 0.6) is 0 Å². The predicted molar refractivity (Wildman–Crippen MR) is 109 cm³/mol. The van der Waals surface area contributed by atoms with Crippen molar-refractivity contribution in [3.8, 4) is 0 Å². The number of hydrogen-bond acceptors (Lipinski definition) is 4. The van der Waals surface area contributed by atoms with E-state index in [0.717, 1.165) is 5.56 Å². The van der Waals surface area contributed by atoms with Crippen LogP contribution in [0.4, 0.5) is 5.69 Å². The van der Waals surface area contributed by atoms with Crippen molar-refractivity contribution in [2.24, 2.45) is 5.14 Å². The number of amides is 2. The van der Waals surface area contributed by atoms with Gasteiger partial charge in [-0.1, -0.05) is 39.0 Å². The number of carbonyl (C=O) groups excluding carboxylic acids is 2. The fourth-order valence-corrected chi connectivity index (χ4v) is 3.05. The van der Waals surface area contributed by atoms with Crippen molar-refractivity contribution in [2.75, 3.05) is 11.9 Å². The Bertz CT molecular complexity index is 962. The minimum Gasteiger partial charge on any atom is -0.352 e. The van der Waals surface area contributed by atoms with E-state index in [1.54, 1.807) is 18.2 Å². The highest BCUT2D eigenvalue weighted by Gasteiger charge is 2.14. The highest BCUT2D eigenvalue weighted by atomic mass is 32.2. The molecule has 0 aliphatic carbocycles. The van der Waals surface area contributed by atoms with E-state index in [0.29, 0.717) is 11.3 Å². The molecule has 0 aliphatic rings. The van der Waals surface area contributed by atoms with E-state index in [4.69, 9.17) is 5.14 Å². The first kappa shape index (κ1) is 21.6. The van der Waals surface area contributed by atoms with Crippen molar-refractivity contribution < 1.29 is 18.0 Å². The second-order valence-corrected chi connectivity index (χ2v) is 9.02. The minimum absolute atomic E-state index is 0.00757. The first-order valence-corrected chi connectivity index (χ1v) is 10.3. The lowest BCUT2D eigenvalue weighted by atomic mass is 9.87. The number of nitrogens with one attached hydrogen (secondary N) is 2. The van der Waals surface area contributed by atoms with E-state index >= 15 is 0 Å². The molecule has 0 radical (unpaired) electrons. The lowest BCUT2D eigenvalue weighted by molar-refractivity contribution is -0.116. The van der Waals surface area contributed by atoms with Gasteiger partial charge < -0.3 is 10.6 Å². The number of rotatable bonds is 6. The molecule has 0 heterocycles. The van der Waals surface area contributed by atoms with Gasteiger partial charge in [0.25, 0.3) is 5.91 Å². The summed E-state index contributed by atoms with van der Waals surface area (Å²) in [5.74, 6) is -0.612. The van der Waals surface area contributed by atoms with Crippen LogP contribution in [0.15, 0.2) is 53.4 Å². The zero-order valence-corrected chi connectivity index (χ0v) is 17.0. The molecule has 0 bridgehead atoms. The molecule has 0 fully saturated rings. The number of primary sulfonamides is 1. The molecule has 0 unspecified atom stereocenters. The Kier molecular flexibility index (Phi) is 6.58. The van der Waals surface area contributed by atoms with Gasteiger partial charge in [0.1, 0.15) is 0 Å². The molecule has 0 atom stereocenters. The van der Waals surface area contributed by atoms with E-state index in [2.05, 4.69) is 31.4 Å². The second kappa shape index (κ2) is 8.53. The van der Waals surface area contributed by atoms with Crippen molar-refractivity contribution in [1.82, 2.24) is 5.32 Å². The molecule has 0 aromatic heterocycles. The summed E-state index contributed by atoms with van der Waals surface area (Å²) < 4.78 is 22.7. The number of carbonyl (C=O) groups is 2. The van der Waals surface area contributed by atoms with E-state index in [9.17, 15) is 18.0 Å². The molecular weight excluding hydrogens is 378 g/mol. The lowest BCUT2D eigenvalue weighted by Crippen LogP contribution is -2.27. The van der Waals surface area contributed by atoms with Crippen LogP contribution in [0.2, 0.25) is 0 Å². The van der Waals surface area contributed by atoms with Crippen molar-refractivity contribution in [2.45, 2.75) is 37.5 Å². The highest BCUT2D eigenvalue weighted by Crippen LogP contribution is 2.22. The van der Waals surface area contributed by atoms with Crippen molar-refractivity contribution in [3.63, 3.8) is 0 Å². The van der Waals surface area contributed by atoms with Gasteiger partial charge in [-0.25, -0.2) is 13.6 Å². The largest absolute Gasteiger partial charge is 0.352 e. The number of benzene rings is 2. The summed E-state index contributed by atoms with van der Waals surface area (Å²) in [5.41, 5.74) is 1.98. The molecule has 0 aliphatic heterocycles. The molecule has 2 amide bonds. The maximum Gasteiger partial charge on any atom is 0.251 e. The maximum absolute atomic E-state index is 12.2. The molecule has 8 heteroatoms. The van der Waals surface area contributed by atoms with Gasteiger partial charge in [0, 0.05) is 24.2 Å². The molecule has 0 spiro atoms. The maximum atomic E-state index is 12.2. The molecule has 4 N–H and O–H groups in total. The SMILES string of the molecule is CC(C)(C)c1ccc(C(=O)NCCC(=O)Nc2cccc(S(N)(=O)=O)c2)cc1. The molecule has 2 aromatic rings. The van der Waals surface area contributed by atoms with Crippen LogP contribution in [0.3, 0.4) is 0 Å². The van der Waals surface area contributed by atoms with Gasteiger partial charge in [-0.2, -0.15) is 0 Å². The quantitative estimate of drug-likeness (QED) is 0.686. The second-order valence-electron chi connectivity index (χ2n) is 7.45. The van der Waals surface area contributed by atoms with Crippen LogP contribution in [0.25, 0.3) is 0 Å². The normalized spacial score (nSPS) is 11.7. The van der Waals surface area contributed by atoms with Crippen LogP contribution in [0.1, 0.15) is 43.1 Å². The smallest absolute Gasteiger partial charge is 0.251 e. The third-order valence-electron chi connectivity index (χ3n) is 4.10. The Hall–Kier alpha value is -2.71. The Morgan fingerprint density at radius 2 is 1.68 bits per heavy atom. The Morgan fingerprint density at radius 3 is 2.25 bits per heavy atom. The monoisotopic (exact) mass is 403 g/mol. The van der Waals surface area contributed by atoms with Crippen LogP contribution >= 0.6 is 0 Å². The summed E-state index contributed by atoms with van der Waals surface area (Å²) in [4.78, 5) is 24.1. The molecular formula is C20H25N3O4S. The zero-order valence-electron chi connectivity index (χ0n) is 16.2. The van der Waals surface area contributed by atoms with Gasteiger partial charge in [0.2, 0.25) is 15.9 Å². The number of sulfonamides is 1. The Labute approximate surface area is 165 Å². The van der Waals surface area contributed by atoms with E-state index in [1.807, 2.05) is 12.1 Å². The standard InChI is InChI=1S/C20H25N3O4S/c1-20(2,3)15-9-7-14(8-10-15)19(25)22-12-11-18(24)23-16-5-4-6-17(13-16)28(21,26)27/h4-10,13H,11-12H2,1-3H3,(H,22,25)(H,23,24)(H2,21,26,27). The third kappa shape index (κ3) is 6.17. The van der Waals surface area contributed by atoms with Crippen LogP contribution in [0, 0.1) is 0 Å². The molecule has 0 saturated heterocycles. The van der Waals surface area contributed by atoms with E-state index in [1.165, 1.54) is 18.2 Å². The molecule has 28 heavy (non-hydrogen) atoms. The van der Waals surface area contributed by atoms with Crippen LogP contribution < -0.4 is 15.8 Å². The molecule has 0 saturated carbocycles. The molecule has 2 aromatic carbocycles. The summed E-state index contributed by atoms with van der Waals surface area (Å²) in [7, 11) is -3.84. The van der Waals surface area contributed by atoms with Crippen molar-refractivity contribution in [3.05, 3.63) is 59.7 Å². The van der Waals surface area contributed by atoms with Crippen LogP contribution in [-0.2, 0) is 20.2 Å². The molecule has 2 rings (SSSR count). The van der Waals surface area contributed by atoms with Gasteiger partial charge in [0.15, 0.2) is 0 Å². The Balaban J connectivity index is 1.86. The van der Waals surface area contributed by atoms with Crippen LogP contribution in [-0.4, -0.2) is 26.8 Å². The van der Waals surface area contributed by atoms with Crippen molar-refractivity contribution >= 4 is 27.5 Å². The average Bonchev–Trinajstić information content (AvgIpc) is 2.60. The molecule has 7 nitrogen and oxygen atoms in total. The van der Waals surface area contributed by atoms with Gasteiger partial charge >= 0.3 is 0 Å². The first-order valence-electron chi connectivity index (χ1n) is 8.78. The summed E-state index contributed by atoms with van der Waals surface area (Å²) >= 11 is 0. The number of nitrogens with two attached hydrogens (primary N) is 1. The Morgan fingerprint density at radius 1 is 1.04 bits per heavy atom. The van der Waals surface area contributed by atoms with Gasteiger partial charge in [-0.05, 0) is 41.3 Å². The minimum atomic E-state index is -3.84. The first-order chi connectivity index (χ1) is 13.0. The average molecular weight is 404 g/mol. The zero-order chi connectivity index (χ0) is 20.9. The fraction of sp³-hybridized carbons (Fsp3) is 0.300. The summed E-state index contributed by atoms with van der Waals surface area (Å²) in [6, 6.07) is 13.0. The fourth-order valence-electron chi connectivity index (χ4n) is 2.49. The number of anilines is 1. The number of hydrogen-bond donors (Lipinski definition) is 3. The summed E-state index contributed by atoms with van der Waals surface area (Å²) in [6.45, 7) is 6.44. The third-order valence-corrected chi connectivity index (χ3v) is 5.01. The summed E-state index contributed by atoms with van der Waals surface area (Å²) in [6.07, 6.45) is 0.0470. The molecule has 150 valence electrons. The lowest BCUT2D eigenvalue weighted by Gasteiger charge is -2.19. The van der Waals surface area contributed by atoms with Gasteiger partial charge in [-0.3, -0.25) is 9.59 Å². The highest BCUT2D eigenvalue weighted by molar-refractivity contribution is 7.89. The predicted octanol–water partition coefficient (Wildman–Crippen LogP) is 2.39. The summed E-state index contributed by atoms with van der Waals surface area (Å²) in [5, 5.41) is 10.3. The topological polar surface area (TPSA) is 118 Å². The van der Waals surface area contributed by atoms with Gasteiger partial charge in [0.05, 0.1) is 4.90 Å². The van der Waals surface area contributed by atoms with Gasteiger partial charge in [-0.15, -0.1) is 0 Å². The van der Waals surface area contributed by atoms with Crippen molar-refractivity contribution in [1.29, 1.82) is 0 Å².